The van der Waals surface area contributed by atoms with Crippen molar-refractivity contribution in [2.45, 2.75) is 59.1 Å². The van der Waals surface area contributed by atoms with E-state index in [2.05, 4.69) is 41.5 Å². The minimum absolute atomic E-state index is 0. The van der Waals surface area contributed by atoms with E-state index in [9.17, 15) is 0 Å². The molecule has 0 radical (unpaired) electrons. The lowest BCUT2D eigenvalue weighted by Gasteiger charge is -2.21. The van der Waals surface area contributed by atoms with Gasteiger partial charge in [-0.1, -0.05) is 26.2 Å². The normalized spacial score (nSPS) is 12.6. The molecule has 0 aliphatic rings. The number of ether oxygens (including phenoxy) is 1. The Balaban J connectivity index is 0.00000529. The minimum atomic E-state index is 0. The van der Waals surface area contributed by atoms with Crippen LogP contribution in [-0.4, -0.2) is 43.1 Å². The molecule has 0 fully saturated rings. The summed E-state index contributed by atoms with van der Waals surface area (Å²) in [5.41, 5.74) is 1.06. The first-order valence-electron chi connectivity index (χ1n) is 8.58. The number of guanidine groups is 1. The van der Waals surface area contributed by atoms with Crippen LogP contribution in [0.5, 0.6) is 0 Å². The molecule has 1 aromatic heterocycles. The molecule has 0 aliphatic heterocycles. The lowest BCUT2D eigenvalue weighted by molar-refractivity contribution is 0.119. The quantitative estimate of drug-likeness (QED) is 0.239. The first-order chi connectivity index (χ1) is 11.1. The average molecular weight is 468 g/mol. The SMILES string of the molecule is CCCCCCN=C(NCC)N(C)Cc1csc(C(C)OC)n1.I. The Hall–Kier alpha value is -0.410. The van der Waals surface area contributed by atoms with E-state index in [0.29, 0.717) is 0 Å². The topological polar surface area (TPSA) is 49.8 Å². The number of aromatic nitrogens is 1. The van der Waals surface area contributed by atoms with Crippen LogP contribution >= 0.6 is 35.3 Å². The zero-order valence-corrected chi connectivity index (χ0v) is 18.8. The number of nitrogens with zero attached hydrogens (tertiary/aromatic N) is 3. The summed E-state index contributed by atoms with van der Waals surface area (Å²) in [4.78, 5) is 11.5. The number of nitrogens with one attached hydrogen (secondary N) is 1. The highest BCUT2D eigenvalue weighted by atomic mass is 127. The van der Waals surface area contributed by atoms with Crippen LogP contribution < -0.4 is 5.32 Å². The monoisotopic (exact) mass is 468 g/mol. The summed E-state index contributed by atoms with van der Waals surface area (Å²) in [5, 5.41) is 6.49. The Morgan fingerprint density at radius 2 is 2.12 bits per heavy atom. The molecule has 0 saturated heterocycles. The fraction of sp³-hybridized carbons (Fsp3) is 0.765. The Morgan fingerprint density at radius 1 is 1.38 bits per heavy atom. The number of unbranched alkanes of at least 4 members (excludes halogenated alkanes) is 3. The molecule has 7 heteroatoms. The van der Waals surface area contributed by atoms with Gasteiger partial charge in [-0.2, -0.15) is 0 Å². The molecule has 0 bridgehead atoms. The molecule has 0 amide bonds. The first kappa shape index (κ1) is 23.6. The van der Waals surface area contributed by atoms with Gasteiger partial charge in [0.25, 0.3) is 0 Å². The number of halogens is 1. The third-order valence-corrected chi connectivity index (χ3v) is 4.69. The summed E-state index contributed by atoms with van der Waals surface area (Å²) in [7, 11) is 3.78. The van der Waals surface area contributed by atoms with E-state index in [1.807, 2.05) is 6.92 Å². The Morgan fingerprint density at radius 3 is 2.75 bits per heavy atom. The lowest BCUT2D eigenvalue weighted by Crippen LogP contribution is -2.38. The van der Waals surface area contributed by atoms with Crippen molar-refractivity contribution in [2.24, 2.45) is 4.99 Å². The van der Waals surface area contributed by atoms with Gasteiger partial charge in [0.05, 0.1) is 12.2 Å². The Labute approximate surface area is 168 Å². The highest BCUT2D eigenvalue weighted by molar-refractivity contribution is 14.0. The van der Waals surface area contributed by atoms with Gasteiger partial charge in [-0.25, -0.2) is 4.98 Å². The number of thiazole rings is 1. The van der Waals surface area contributed by atoms with Gasteiger partial charge >= 0.3 is 0 Å². The molecular weight excluding hydrogens is 435 g/mol. The second-order valence-corrected chi connectivity index (χ2v) is 6.60. The van der Waals surface area contributed by atoms with Crippen LogP contribution in [0, 0.1) is 0 Å². The molecule has 24 heavy (non-hydrogen) atoms. The summed E-state index contributed by atoms with van der Waals surface area (Å²) in [5.74, 6) is 0.957. The van der Waals surface area contributed by atoms with Crippen molar-refractivity contribution >= 4 is 41.3 Å². The first-order valence-corrected chi connectivity index (χ1v) is 9.46. The number of hydrogen-bond acceptors (Lipinski definition) is 4. The molecule has 0 aromatic carbocycles. The van der Waals surface area contributed by atoms with Crippen molar-refractivity contribution in [3.05, 3.63) is 16.1 Å². The van der Waals surface area contributed by atoms with E-state index in [-0.39, 0.29) is 30.1 Å². The fourth-order valence-electron chi connectivity index (χ4n) is 2.19. The second kappa shape index (κ2) is 13.8. The van der Waals surface area contributed by atoms with E-state index in [1.165, 1.54) is 19.3 Å². The van der Waals surface area contributed by atoms with Crippen molar-refractivity contribution in [2.75, 3.05) is 27.2 Å². The van der Waals surface area contributed by atoms with Crippen LogP contribution in [0.4, 0.5) is 0 Å². The molecule has 1 N–H and O–H groups in total. The number of methoxy groups -OCH3 is 1. The Bertz CT molecular complexity index is 467. The molecule has 5 nitrogen and oxygen atoms in total. The van der Waals surface area contributed by atoms with Crippen molar-refractivity contribution < 1.29 is 4.74 Å². The largest absolute Gasteiger partial charge is 0.375 e. The molecule has 0 aliphatic carbocycles. The maximum Gasteiger partial charge on any atom is 0.194 e. The smallest absolute Gasteiger partial charge is 0.194 e. The molecular formula is C17H33IN4OS. The van der Waals surface area contributed by atoms with Crippen molar-refractivity contribution in [3.8, 4) is 0 Å². The van der Waals surface area contributed by atoms with Gasteiger partial charge in [0.1, 0.15) is 11.1 Å². The molecule has 1 aromatic rings. The molecule has 0 saturated carbocycles. The predicted octanol–water partition coefficient (Wildman–Crippen LogP) is 4.45. The highest BCUT2D eigenvalue weighted by Crippen LogP contribution is 2.20. The van der Waals surface area contributed by atoms with Crippen LogP contribution in [0.3, 0.4) is 0 Å². The summed E-state index contributed by atoms with van der Waals surface area (Å²) in [6.45, 7) is 8.87. The van der Waals surface area contributed by atoms with Crippen LogP contribution in [0.1, 0.15) is 63.3 Å². The zero-order chi connectivity index (χ0) is 17.1. The standard InChI is InChI=1S/C17H32N4OS.HI/c1-6-8-9-10-11-19-17(18-7-2)21(4)12-15-13-23-16(20-15)14(3)22-5;/h13-14H,6-12H2,1-5H3,(H,18,19);1H. The maximum atomic E-state index is 5.32. The highest BCUT2D eigenvalue weighted by Gasteiger charge is 2.12. The van der Waals surface area contributed by atoms with Crippen LogP contribution in [-0.2, 0) is 11.3 Å². The molecule has 140 valence electrons. The minimum Gasteiger partial charge on any atom is -0.375 e. The fourth-order valence-corrected chi connectivity index (χ4v) is 3.04. The van der Waals surface area contributed by atoms with Gasteiger partial charge in [-0.15, -0.1) is 35.3 Å². The number of aliphatic imine (C=N–C) groups is 1. The maximum absolute atomic E-state index is 5.32. The summed E-state index contributed by atoms with van der Waals surface area (Å²) in [6.07, 6.45) is 5.02. The van der Waals surface area contributed by atoms with Crippen LogP contribution in [0.25, 0.3) is 0 Å². The summed E-state index contributed by atoms with van der Waals surface area (Å²) in [6, 6.07) is 0. The molecule has 0 spiro atoms. The van der Waals surface area contributed by atoms with Crippen LogP contribution in [0.2, 0.25) is 0 Å². The molecule has 1 unspecified atom stereocenters. The van der Waals surface area contributed by atoms with E-state index in [1.54, 1.807) is 18.4 Å². The number of hydrogen-bond donors (Lipinski definition) is 1. The van der Waals surface area contributed by atoms with Gasteiger partial charge in [-0.3, -0.25) is 4.99 Å². The average Bonchev–Trinajstić information content (AvgIpc) is 3.01. The van der Waals surface area contributed by atoms with E-state index < -0.39 is 0 Å². The zero-order valence-electron chi connectivity index (χ0n) is 15.7. The van der Waals surface area contributed by atoms with Crippen molar-refractivity contribution in [1.29, 1.82) is 0 Å². The molecule has 1 atom stereocenters. The van der Waals surface area contributed by atoms with Gasteiger partial charge < -0.3 is 15.0 Å². The lowest BCUT2D eigenvalue weighted by atomic mass is 10.2. The van der Waals surface area contributed by atoms with E-state index in [4.69, 9.17) is 9.73 Å². The van der Waals surface area contributed by atoms with E-state index in [0.717, 1.165) is 42.7 Å². The third kappa shape index (κ3) is 8.62. The third-order valence-electron chi connectivity index (χ3n) is 3.64. The van der Waals surface area contributed by atoms with Gasteiger partial charge in [-0.05, 0) is 20.3 Å². The van der Waals surface area contributed by atoms with Gasteiger partial charge in [0, 0.05) is 32.6 Å². The molecule has 1 heterocycles. The summed E-state index contributed by atoms with van der Waals surface area (Å²) < 4.78 is 5.32. The van der Waals surface area contributed by atoms with Crippen molar-refractivity contribution in [1.82, 2.24) is 15.2 Å². The Kier molecular flexibility index (Phi) is 13.6. The summed E-state index contributed by atoms with van der Waals surface area (Å²) >= 11 is 1.65. The van der Waals surface area contributed by atoms with Crippen LogP contribution in [0.15, 0.2) is 10.4 Å². The molecule has 1 rings (SSSR count). The van der Waals surface area contributed by atoms with Crippen molar-refractivity contribution in [3.63, 3.8) is 0 Å². The van der Waals surface area contributed by atoms with Gasteiger partial charge in [0.2, 0.25) is 0 Å². The predicted molar refractivity (Wildman–Crippen MR) is 115 cm³/mol. The van der Waals surface area contributed by atoms with Gasteiger partial charge in [0.15, 0.2) is 5.96 Å². The number of rotatable bonds is 10. The second-order valence-electron chi connectivity index (χ2n) is 5.71. The van der Waals surface area contributed by atoms with E-state index >= 15 is 0 Å².